The fourth-order valence-corrected chi connectivity index (χ4v) is 6.89. The molecule has 2 saturated heterocycles. The molecule has 0 saturated carbocycles. The molecule has 2 aliphatic rings. The van der Waals surface area contributed by atoms with Crippen molar-refractivity contribution in [2.75, 3.05) is 20.8 Å². The molecule has 4 aromatic rings. The Labute approximate surface area is 266 Å². The molecule has 7 atom stereocenters. The van der Waals surface area contributed by atoms with E-state index < -0.39 is 46.9 Å². The minimum absolute atomic E-state index is 0.248. The van der Waals surface area contributed by atoms with Gasteiger partial charge in [0, 0.05) is 10.5 Å². The first kappa shape index (κ1) is 31.4. The molecule has 45 heavy (non-hydrogen) atoms. The molecule has 0 spiro atoms. The van der Waals surface area contributed by atoms with E-state index in [1.165, 1.54) is 0 Å². The Balaban J connectivity index is 1.33. The van der Waals surface area contributed by atoms with Gasteiger partial charge < -0.3 is 33.2 Å². The molecule has 0 aromatic heterocycles. The predicted octanol–water partition coefficient (Wildman–Crippen LogP) is 6.13. The maximum atomic E-state index is 14.2. The van der Waals surface area contributed by atoms with Crippen LogP contribution in [0.15, 0.2) is 108 Å². The van der Waals surface area contributed by atoms with Crippen molar-refractivity contribution in [2.45, 2.75) is 61.2 Å². The summed E-state index contributed by atoms with van der Waals surface area (Å²) in [6, 6.07) is 32.8. The van der Waals surface area contributed by atoms with Gasteiger partial charge in [-0.15, -0.1) is 0 Å². The smallest absolute Gasteiger partial charge is 0.184 e. The van der Waals surface area contributed by atoms with Crippen molar-refractivity contribution in [1.82, 2.24) is 0 Å². The molecule has 0 amide bonds. The van der Waals surface area contributed by atoms with Crippen LogP contribution in [-0.2, 0) is 47.7 Å². The van der Waals surface area contributed by atoms with Crippen molar-refractivity contribution >= 4 is 10.8 Å². The van der Waals surface area contributed by atoms with E-state index >= 15 is 0 Å². The van der Waals surface area contributed by atoms with Crippen LogP contribution >= 0.6 is 0 Å². The standard InChI is InChI=1S/C36H38O8S/c1-24-9-19-30(20-10-24)45(37)36-34(41-22-26-13-17-29(39-3)18-14-26)33(40-21-25-11-15-28(38-2)16-12-25)32-31(43-36)23-42-35(44-32)27-7-5-4-6-8-27/h4-20,31-36H,21-23H2,1-3H3/t31-,32+,33+,34-,35?,36+,45?/m1/s1. The highest BCUT2D eigenvalue weighted by Crippen LogP contribution is 2.39. The molecular weight excluding hydrogens is 592 g/mol. The monoisotopic (exact) mass is 630 g/mol. The normalized spacial score (nSPS) is 25.2. The van der Waals surface area contributed by atoms with Crippen molar-refractivity contribution < 1.29 is 37.4 Å². The summed E-state index contributed by atoms with van der Waals surface area (Å²) in [6.45, 7) is 2.78. The lowest BCUT2D eigenvalue weighted by Crippen LogP contribution is -2.63. The summed E-state index contributed by atoms with van der Waals surface area (Å²) in [5.41, 5.74) is 3.02. The second kappa shape index (κ2) is 14.7. The van der Waals surface area contributed by atoms with Gasteiger partial charge in [-0.25, -0.2) is 0 Å². The molecule has 236 valence electrons. The molecule has 0 aliphatic carbocycles. The predicted molar refractivity (Wildman–Crippen MR) is 169 cm³/mol. The summed E-state index contributed by atoms with van der Waals surface area (Å²) in [7, 11) is 1.69. The zero-order valence-electron chi connectivity index (χ0n) is 25.6. The van der Waals surface area contributed by atoms with E-state index in [9.17, 15) is 4.21 Å². The highest BCUT2D eigenvalue weighted by Gasteiger charge is 2.53. The van der Waals surface area contributed by atoms with Crippen molar-refractivity contribution in [3.05, 3.63) is 125 Å². The van der Waals surface area contributed by atoms with E-state index in [4.69, 9.17) is 33.2 Å². The van der Waals surface area contributed by atoms with Gasteiger partial charge in [0.1, 0.15) is 35.9 Å². The highest BCUT2D eigenvalue weighted by atomic mass is 32.2. The molecular formula is C36H38O8S. The van der Waals surface area contributed by atoms with Crippen molar-refractivity contribution in [3.63, 3.8) is 0 Å². The molecule has 2 aliphatic heterocycles. The molecule has 2 heterocycles. The molecule has 6 rings (SSSR count). The summed E-state index contributed by atoms with van der Waals surface area (Å²) >= 11 is 0. The number of rotatable bonds is 11. The fourth-order valence-electron chi connectivity index (χ4n) is 5.50. The highest BCUT2D eigenvalue weighted by molar-refractivity contribution is 7.85. The Morgan fingerprint density at radius 2 is 1.29 bits per heavy atom. The molecule has 8 nitrogen and oxygen atoms in total. The third kappa shape index (κ3) is 7.47. The van der Waals surface area contributed by atoms with Crippen molar-refractivity contribution in [3.8, 4) is 11.5 Å². The van der Waals surface area contributed by atoms with Gasteiger partial charge in [0.05, 0.1) is 44.8 Å². The number of fused-ring (bicyclic) bond motifs is 1. The van der Waals surface area contributed by atoms with Gasteiger partial charge >= 0.3 is 0 Å². The van der Waals surface area contributed by atoms with E-state index in [1.807, 2.05) is 110 Å². The Bertz CT molecular complexity index is 1530. The van der Waals surface area contributed by atoms with Gasteiger partial charge in [0.15, 0.2) is 11.7 Å². The van der Waals surface area contributed by atoms with Crippen LogP contribution in [0.25, 0.3) is 0 Å². The van der Waals surface area contributed by atoms with E-state index in [0.717, 1.165) is 33.8 Å². The topological polar surface area (TPSA) is 81.7 Å². The van der Waals surface area contributed by atoms with Crippen LogP contribution in [0.1, 0.15) is 28.5 Å². The van der Waals surface area contributed by atoms with Crippen LogP contribution in [0.2, 0.25) is 0 Å². The van der Waals surface area contributed by atoms with Gasteiger partial charge in [0.25, 0.3) is 0 Å². The number of aryl methyl sites for hydroxylation is 1. The van der Waals surface area contributed by atoms with Crippen LogP contribution in [0, 0.1) is 6.92 Å². The van der Waals surface area contributed by atoms with Gasteiger partial charge in [-0.2, -0.15) is 0 Å². The van der Waals surface area contributed by atoms with Crippen LogP contribution < -0.4 is 9.47 Å². The summed E-state index contributed by atoms with van der Waals surface area (Å²) in [6.07, 6.45) is -3.04. The van der Waals surface area contributed by atoms with Crippen LogP contribution in [0.5, 0.6) is 11.5 Å². The van der Waals surface area contributed by atoms with E-state index in [-0.39, 0.29) is 19.8 Å². The van der Waals surface area contributed by atoms with Gasteiger partial charge in [-0.3, -0.25) is 4.21 Å². The van der Waals surface area contributed by atoms with Gasteiger partial charge in [-0.05, 0) is 54.4 Å². The molecule has 9 heteroatoms. The lowest BCUT2D eigenvalue weighted by Gasteiger charge is -2.49. The molecule has 0 radical (unpaired) electrons. The Morgan fingerprint density at radius 1 is 0.711 bits per heavy atom. The van der Waals surface area contributed by atoms with Crippen LogP contribution in [-0.4, -0.2) is 54.9 Å². The van der Waals surface area contributed by atoms with Gasteiger partial charge in [-0.1, -0.05) is 72.3 Å². The third-order valence-corrected chi connectivity index (χ3v) is 9.56. The minimum atomic E-state index is -1.58. The number of benzene rings is 4. The fraction of sp³-hybridized carbons (Fsp3) is 0.333. The SMILES string of the molecule is COc1ccc(CO[C@@H]2[C@@H](OCc3ccc(OC)cc3)[C@H](S(=O)c3ccc(C)cc3)O[C@@H]3COC(c4ccccc4)O[C@H]23)cc1. The van der Waals surface area contributed by atoms with E-state index in [2.05, 4.69) is 0 Å². The molecule has 2 unspecified atom stereocenters. The Morgan fingerprint density at radius 3 is 1.87 bits per heavy atom. The number of hydrogen-bond acceptors (Lipinski definition) is 8. The van der Waals surface area contributed by atoms with E-state index in [0.29, 0.717) is 4.90 Å². The zero-order valence-corrected chi connectivity index (χ0v) is 26.4. The van der Waals surface area contributed by atoms with Crippen LogP contribution in [0.4, 0.5) is 0 Å². The minimum Gasteiger partial charge on any atom is -0.497 e. The second-order valence-corrected chi connectivity index (χ2v) is 12.6. The summed E-state index contributed by atoms with van der Waals surface area (Å²) in [5.74, 6) is 1.52. The average Bonchev–Trinajstić information content (AvgIpc) is 3.10. The summed E-state index contributed by atoms with van der Waals surface area (Å²) in [5, 5.41) is 0. The average molecular weight is 631 g/mol. The summed E-state index contributed by atoms with van der Waals surface area (Å²) < 4.78 is 57.5. The lowest BCUT2D eigenvalue weighted by atomic mass is 9.98. The largest absolute Gasteiger partial charge is 0.497 e. The Kier molecular flexibility index (Phi) is 10.2. The quantitative estimate of drug-likeness (QED) is 0.196. The molecule has 2 fully saturated rings. The maximum Gasteiger partial charge on any atom is 0.184 e. The first-order valence-corrected chi connectivity index (χ1v) is 16.2. The number of hydrogen-bond donors (Lipinski definition) is 0. The first-order valence-electron chi connectivity index (χ1n) is 15.0. The zero-order chi connectivity index (χ0) is 31.2. The number of ether oxygens (including phenoxy) is 7. The van der Waals surface area contributed by atoms with Gasteiger partial charge in [0.2, 0.25) is 0 Å². The van der Waals surface area contributed by atoms with Crippen LogP contribution in [0.3, 0.4) is 0 Å². The third-order valence-electron chi connectivity index (χ3n) is 8.02. The maximum absolute atomic E-state index is 14.2. The second-order valence-electron chi connectivity index (χ2n) is 11.1. The summed E-state index contributed by atoms with van der Waals surface area (Å²) in [4.78, 5) is 0.649. The Hall–Kier alpha value is -3.57. The van der Waals surface area contributed by atoms with Crippen molar-refractivity contribution in [2.24, 2.45) is 0 Å². The first-order chi connectivity index (χ1) is 22.0. The molecule has 0 N–H and O–H groups in total. The van der Waals surface area contributed by atoms with Crippen molar-refractivity contribution in [1.29, 1.82) is 0 Å². The molecule has 0 bridgehead atoms. The lowest BCUT2D eigenvalue weighted by molar-refractivity contribution is -0.330. The van der Waals surface area contributed by atoms with E-state index in [1.54, 1.807) is 14.2 Å². The number of methoxy groups -OCH3 is 2. The molecule has 4 aromatic carbocycles.